The zero-order chi connectivity index (χ0) is 16.0. The highest BCUT2D eigenvalue weighted by Gasteiger charge is 2.61. The van der Waals surface area contributed by atoms with E-state index in [9.17, 15) is 0 Å². The standard InChI is InChI=1S/C21H22N2/c1-14-12-15(17-8-4-6-10-22-17)19-20(21(19,2)3)16(13-14)18-9-5-7-11-23-18/h4-14,19-20H,1-3H3/t14?,19-,20+. The van der Waals surface area contributed by atoms with Gasteiger partial charge in [-0.3, -0.25) is 9.97 Å². The second kappa shape index (κ2) is 5.16. The van der Waals surface area contributed by atoms with Crippen LogP contribution in [0.5, 0.6) is 0 Å². The van der Waals surface area contributed by atoms with Crippen molar-refractivity contribution in [1.29, 1.82) is 0 Å². The van der Waals surface area contributed by atoms with Gasteiger partial charge in [-0.1, -0.05) is 45.1 Å². The Hall–Kier alpha value is -2.22. The third-order valence-electron chi connectivity index (χ3n) is 5.30. The highest BCUT2D eigenvalue weighted by molar-refractivity contribution is 5.80. The van der Waals surface area contributed by atoms with Crippen LogP contribution in [0.15, 0.2) is 60.9 Å². The molecule has 1 saturated carbocycles. The molecule has 4 rings (SSSR count). The molecule has 0 saturated heterocycles. The monoisotopic (exact) mass is 302 g/mol. The Labute approximate surface area is 138 Å². The maximum Gasteiger partial charge on any atom is 0.0661 e. The van der Waals surface area contributed by atoms with Crippen molar-refractivity contribution in [3.8, 4) is 0 Å². The predicted octanol–water partition coefficient (Wildman–Crippen LogP) is 4.87. The van der Waals surface area contributed by atoms with Gasteiger partial charge in [0.25, 0.3) is 0 Å². The first kappa shape index (κ1) is 14.4. The molecule has 1 unspecified atom stereocenters. The molecule has 2 heterocycles. The molecular formula is C21H22N2. The molecule has 2 heteroatoms. The first-order chi connectivity index (χ1) is 11.1. The molecule has 0 aromatic carbocycles. The van der Waals surface area contributed by atoms with Crippen molar-refractivity contribution in [3.63, 3.8) is 0 Å². The Kier molecular flexibility index (Phi) is 3.22. The minimum atomic E-state index is 0.257. The Morgan fingerprint density at radius 3 is 1.65 bits per heavy atom. The van der Waals surface area contributed by atoms with E-state index in [2.05, 4.69) is 67.2 Å². The van der Waals surface area contributed by atoms with Gasteiger partial charge in [-0.05, 0) is 58.6 Å². The Morgan fingerprint density at radius 2 is 1.26 bits per heavy atom. The summed E-state index contributed by atoms with van der Waals surface area (Å²) in [6.07, 6.45) is 8.57. The summed E-state index contributed by atoms with van der Waals surface area (Å²) in [6, 6.07) is 12.4. The molecule has 116 valence electrons. The molecule has 0 aliphatic heterocycles. The van der Waals surface area contributed by atoms with Gasteiger partial charge in [-0.15, -0.1) is 0 Å². The van der Waals surface area contributed by atoms with Crippen LogP contribution in [-0.2, 0) is 0 Å². The Balaban J connectivity index is 1.79. The average Bonchev–Trinajstić information content (AvgIpc) is 3.18. The summed E-state index contributed by atoms with van der Waals surface area (Å²) in [5.74, 6) is 1.44. The van der Waals surface area contributed by atoms with Crippen LogP contribution in [0, 0.1) is 23.2 Å². The summed E-state index contributed by atoms with van der Waals surface area (Å²) in [7, 11) is 0. The summed E-state index contributed by atoms with van der Waals surface area (Å²) in [5, 5.41) is 0. The highest BCUT2D eigenvalue weighted by Crippen LogP contribution is 2.69. The van der Waals surface area contributed by atoms with Crippen molar-refractivity contribution < 1.29 is 0 Å². The zero-order valence-corrected chi connectivity index (χ0v) is 13.9. The van der Waals surface area contributed by atoms with E-state index in [0.717, 1.165) is 11.4 Å². The van der Waals surface area contributed by atoms with Gasteiger partial charge < -0.3 is 0 Å². The first-order valence-electron chi connectivity index (χ1n) is 8.35. The van der Waals surface area contributed by atoms with Gasteiger partial charge in [0.1, 0.15) is 0 Å². The predicted molar refractivity (Wildman–Crippen MR) is 94.4 cm³/mol. The smallest absolute Gasteiger partial charge is 0.0661 e. The third kappa shape index (κ3) is 2.33. The normalized spacial score (nSPS) is 28.2. The van der Waals surface area contributed by atoms with Crippen molar-refractivity contribution in [2.75, 3.05) is 0 Å². The molecule has 0 amide bonds. The summed E-state index contributed by atoms with van der Waals surface area (Å²) >= 11 is 0. The van der Waals surface area contributed by atoms with E-state index in [4.69, 9.17) is 0 Å². The van der Waals surface area contributed by atoms with E-state index < -0.39 is 0 Å². The van der Waals surface area contributed by atoms with Gasteiger partial charge in [-0.2, -0.15) is 0 Å². The number of fused-ring (bicyclic) bond motifs is 1. The van der Waals surface area contributed by atoms with Crippen LogP contribution < -0.4 is 0 Å². The van der Waals surface area contributed by atoms with E-state index in [0.29, 0.717) is 17.8 Å². The zero-order valence-electron chi connectivity index (χ0n) is 13.9. The average molecular weight is 302 g/mol. The van der Waals surface area contributed by atoms with E-state index in [1.165, 1.54) is 11.1 Å². The van der Waals surface area contributed by atoms with Gasteiger partial charge in [0, 0.05) is 12.4 Å². The second-order valence-corrected chi connectivity index (χ2v) is 7.31. The molecule has 0 spiro atoms. The van der Waals surface area contributed by atoms with Gasteiger partial charge in [-0.25, -0.2) is 0 Å². The minimum Gasteiger partial charge on any atom is -0.257 e. The first-order valence-corrected chi connectivity index (χ1v) is 8.35. The second-order valence-electron chi connectivity index (χ2n) is 7.31. The van der Waals surface area contributed by atoms with Crippen molar-refractivity contribution >= 4 is 11.1 Å². The molecule has 3 atom stereocenters. The topological polar surface area (TPSA) is 25.8 Å². The number of hydrogen-bond acceptors (Lipinski definition) is 2. The highest BCUT2D eigenvalue weighted by atomic mass is 14.7. The lowest BCUT2D eigenvalue weighted by Crippen LogP contribution is -2.00. The fourth-order valence-electron chi connectivity index (χ4n) is 4.18. The summed E-state index contributed by atoms with van der Waals surface area (Å²) in [5.41, 5.74) is 5.30. The largest absolute Gasteiger partial charge is 0.257 e. The quantitative estimate of drug-likeness (QED) is 0.791. The van der Waals surface area contributed by atoms with Gasteiger partial charge >= 0.3 is 0 Å². The fraction of sp³-hybridized carbons (Fsp3) is 0.333. The van der Waals surface area contributed by atoms with Crippen molar-refractivity contribution in [2.45, 2.75) is 20.8 Å². The molecule has 0 N–H and O–H groups in total. The SMILES string of the molecule is CC1C=C(c2ccccn2)[C@@H]2[C@H](C(c3ccccn3)=C1)C2(C)C. The van der Waals surface area contributed by atoms with Crippen LogP contribution in [0.4, 0.5) is 0 Å². The van der Waals surface area contributed by atoms with Crippen molar-refractivity contribution in [2.24, 2.45) is 23.2 Å². The number of rotatable bonds is 2. The summed E-state index contributed by atoms with van der Waals surface area (Å²) < 4.78 is 0. The summed E-state index contributed by atoms with van der Waals surface area (Å²) in [6.45, 7) is 6.99. The number of allylic oxidation sites excluding steroid dienone is 4. The van der Waals surface area contributed by atoms with E-state index in [1.54, 1.807) is 0 Å². The molecule has 2 aliphatic carbocycles. The van der Waals surface area contributed by atoms with Gasteiger partial charge in [0.05, 0.1) is 11.4 Å². The lowest BCUT2D eigenvalue weighted by molar-refractivity contribution is 0.589. The number of nitrogens with zero attached hydrogens (tertiary/aromatic N) is 2. The molecule has 2 nitrogen and oxygen atoms in total. The number of aromatic nitrogens is 2. The molecular weight excluding hydrogens is 280 g/mol. The van der Waals surface area contributed by atoms with Gasteiger partial charge in [0.15, 0.2) is 0 Å². The van der Waals surface area contributed by atoms with Gasteiger partial charge in [0.2, 0.25) is 0 Å². The number of pyridine rings is 2. The molecule has 1 fully saturated rings. The Bertz CT molecular complexity index is 707. The van der Waals surface area contributed by atoms with Crippen molar-refractivity contribution in [3.05, 3.63) is 72.3 Å². The molecule has 0 radical (unpaired) electrons. The van der Waals surface area contributed by atoms with E-state index in [1.807, 2.05) is 24.5 Å². The van der Waals surface area contributed by atoms with Crippen molar-refractivity contribution in [1.82, 2.24) is 9.97 Å². The third-order valence-corrected chi connectivity index (χ3v) is 5.30. The summed E-state index contributed by atoms with van der Waals surface area (Å²) in [4.78, 5) is 9.22. The van der Waals surface area contributed by atoms with E-state index >= 15 is 0 Å². The maximum absolute atomic E-state index is 4.61. The minimum absolute atomic E-state index is 0.257. The molecule has 2 aromatic rings. The lowest BCUT2D eigenvalue weighted by atomic mass is 9.94. The van der Waals surface area contributed by atoms with Crippen LogP contribution >= 0.6 is 0 Å². The van der Waals surface area contributed by atoms with Crippen LogP contribution in [-0.4, -0.2) is 9.97 Å². The van der Waals surface area contributed by atoms with Crippen LogP contribution in [0.1, 0.15) is 32.2 Å². The fourth-order valence-corrected chi connectivity index (χ4v) is 4.18. The molecule has 0 bridgehead atoms. The maximum atomic E-state index is 4.61. The molecule has 23 heavy (non-hydrogen) atoms. The van der Waals surface area contributed by atoms with Crippen LogP contribution in [0.3, 0.4) is 0 Å². The molecule has 2 aliphatic rings. The lowest BCUT2D eigenvalue weighted by Gasteiger charge is -2.12. The van der Waals surface area contributed by atoms with E-state index in [-0.39, 0.29) is 5.41 Å². The van der Waals surface area contributed by atoms with Crippen LogP contribution in [0.2, 0.25) is 0 Å². The van der Waals surface area contributed by atoms with Crippen LogP contribution in [0.25, 0.3) is 11.1 Å². The Morgan fingerprint density at radius 1 is 0.783 bits per heavy atom. The number of hydrogen-bond donors (Lipinski definition) is 0. The molecule has 2 aromatic heterocycles.